The molecule has 0 aliphatic carbocycles. The number of benzene rings is 1. The topological polar surface area (TPSA) is 81.2 Å². The number of H-pyrrole nitrogens is 1. The molecule has 0 spiro atoms. The van der Waals surface area contributed by atoms with E-state index in [2.05, 4.69) is 15.4 Å². The van der Waals surface area contributed by atoms with E-state index in [9.17, 15) is 18.0 Å². The van der Waals surface area contributed by atoms with E-state index >= 15 is 0 Å². The minimum absolute atomic E-state index is 0.0433. The molecule has 0 fully saturated rings. The fourth-order valence-corrected chi connectivity index (χ4v) is 2.66. The van der Waals surface area contributed by atoms with Crippen molar-refractivity contribution in [3.05, 3.63) is 42.0 Å². The number of aromatic amines is 1. The van der Waals surface area contributed by atoms with Gasteiger partial charge in [-0.25, -0.2) is 4.39 Å². The number of rotatable bonds is 9. The first-order valence-electron chi connectivity index (χ1n) is 8.54. The molecule has 28 heavy (non-hydrogen) atoms. The number of carbonyl (C=O) groups is 1. The Bertz CT molecular complexity index is 955. The lowest BCUT2D eigenvalue weighted by Crippen LogP contribution is -2.31. The van der Waals surface area contributed by atoms with Crippen LogP contribution in [0.1, 0.15) is 5.56 Å². The summed E-state index contributed by atoms with van der Waals surface area (Å²) in [6.45, 7) is 0.346. The molecule has 3 aromatic rings. The Labute approximate surface area is 158 Å². The third kappa shape index (κ3) is 4.76. The van der Waals surface area contributed by atoms with Crippen LogP contribution in [0, 0.1) is 5.82 Å². The van der Waals surface area contributed by atoms with Crippen LogP contribution in [0.15, 0.2) is 30.6 Å². The third-order valence-electron chi connectivity index (χ3n) is 3.99. The first-order chi connectivity index (χ1) is 13.4. The van der Waals surface area contributed by atoms with Crippen LogP contribution in [-0.2, 0) is 18.3 Å². The normalized spacial score (nSPS) is 11.2. The summed E-state index contributed by atoms with van der Waals surface area (Å²) in [5.74, 6) is -1.36. The Kier molecular flexibility index (Phi) is 6.07. The van der Waals surface area contributed by atoms with Crippen LogP contribution >= 0.6 is 0 Å². The van der Waals surface area contributed by atoms with Gasteiger partial charge in [0.25, 0.3) is 5.91 Å². The number of nitrogens with one attached hydrogen (secondary N) is 2. The highest BCUT2D eigenvalue weighted by Gasteiger charge is 2.15. The van der Waals surface area contributed by atoms with E-state index in [1.54, 1.807) is 30.2 Å². The lowest BCUT2D eigenvalue weighted by Gasteiger charge is -2.09. The maximum Gasteiger partial charge on any atom is 0.315 e. The molecule has 3 rings (SSSR count). The maximum absolute atomic E-state index is 14.2. The predicted molar refractivity (Wildman–Crippen MR) is 95.2 cm³/mol. The number of fused-ring (bicyclic) bond motifs is 1. The number of hydrogen-bond acceptors (Lipinski definition) is 4. The van der Waals surface area contributed by atoms with Gasteiger partial charge in [-0.05, 0) is 18.1 Å². The Morgan fingerprint density at radius 2 is 2.11 bits per heavy atom. The van der Waals surface area contributed by atoms with Gasteiger partial charge < -0.3 is 19.8 Å². The first-order valence-corrected chi connectivity index (χ1v) is 8.54. The highest BCUT2D eigenvalue weighted by atomic mass is 19.3. The van der Waals surface area contributed by atoms with Crippen molar-refractivity contribution in [1.29, 1.82) is 0 Å². The zero-order chi connectivity index (χ0) is 20.1. The molecule has 0 bridgehead atoms. The van der Waals surface area contributed by atoms with Crippen molar-refractivity contribution in [1.82, 2.24) is 20.1 Å². The van der Waals surface area contributed by atoms with Crippen molar-refractivity contribution >= 4 is 16.8 Å². The van der Waals surface area contributed by atoms with E-state index in [1.807, 2.05) is 0 Å². The van der Waals surface area contributed by atoms with Crippen LogP contribution in [0.25, 0.3) is 10.9 Å². The monoisotopic (exact) mass is 396 g/mol. The largest absolute Gasteiger partial charge is 0.487 e. The third-order valence-corrected chi connectivity index (χ3v) is 3.99. The van der Waals surface area contributed by atoms with E-state index in [0.717, 1.165) is 5.56 Å². The van der Waals surface area contributed by atoms with E-state index < -0.39 is 18.1 Å². The zero-order valence-corrected chi connectivity index (χ0v) is 15.0. The average molecular weight is 396 g/mol. The second-order valence-electron chi connectivity index (χ2n) is 6.01. The van der Waals surface area contributed by atoms with Gasteiger partial charge in [-0.15, -0.1) is 5.10 Å². The fraction of sp³-hybridized carbons (Fsp3) is 0.333. The lowest BCUT2D eigenvalue weighted by atomic mass is 10.1. The first kappa shape index (κ1) is 19.6. The van der Waals surface area contributed by atoms with Crippen LogP contribution in [-0.4, -0.2) is 46.9 Å². The minimum atomic E-state index is -3.05. The van der Waals surface area contributed by atoms with E-state index in [1.165, 1.54) is 12.1 Å². The molecule has 2 heterocycles. The number of amides is 1. The molecule has 0 saturated heterocycles. The van der Waals surface area contributed by atoms with Crippen LogP contribution in [0.3, 0.4) is 0 Å². The Hall–Kier alpha value is -3.17. The average Bonchev–Trinajstić information content (AvgIpc) is 3.24. The molecule has 7 nitrogen and oxygen atoms in total. The highest BCUT2D eigenvalue weighted by molar-refractivity contribution is 5.85. The second-order valence-corrected chi connectivity index (χ2v) is 6.01. The minimum Gasteiger partial charge on any atom is -0.487 e. The van der Waals surface area contributed by atoms with Crippen LogP contribution in [0.2, 0.25) is 0 Å². The maximum atomic E-state index is 14.2. The van der Waals surface area contributed by atoms with Gasteiger partial charge in [0.2, 0.25) is 5.88 Å². The molecule has 0 aliphatic rings. The number of ether oxygens (including phenoxy) is 2. The van der Waals surface area contributed by atoms with Crippen molar-refractivity contribution in [2.45, 2.75) is 12.8 Å². The molecule has 2 N–H and O–H groups in total. The molecule has 10 heteroatoms. The predicted octanol–water partition coefficient (Wildman–Crippen LogP) is 2.42. The highest BCUT2D eigenvalue weighted by Crippen LogP contribution is 2.27. The van der Waals surface area contributed by atoms with Gasteiger partial charge in [0.05, 0.1) is 0 Å². The van der Waals surface area contributed by atoms with Gasteiger partial charge in [-0.1, -0.05) is 0 Å². The molecular weight excluding hydrogens is 377 g/mol. The number of aryl methyl sites for hydroxylation is 1. The number of alkyl halides is 2. The van der Waals surface area contributed by atoms with Gasteiger partial charge in [-0.2, -0.15) is 8.78 Å². The van der Waals surface area contributed by atoms with Gasteiger partial charge in [0.15, 0.2) is 11.6 Å². The number of nitrogens with zero attached hydrogens (tertiary/aromatic N) is 2. The second kappa shape index (κ2) is 8.68. The lowest BCUT2D eigenvalue weighted by molar-refractivity contribution is -0.131. The number of halogens is 3. The van der Waals surface area contributed by atoms with Gasteiger partial charge >= 0.3 is 6.43 Å². The van der Waals surface area contributed by atoms with Crippen molar-refractivity contribution in [3.8, 4) is 11.6 Å². The zero-order valence-electron chi connectivity index (χ0n) is 15.0. The van der Waals surface area contributed by atoms with E-state index in [0.29, 0.717) is 23.2 Å². The quantitative estimate of drug-likeness (QED) is 0.545. The van der Waals surface area contributed by atoms with Crippen molar-refractivity contribution in [2.75, 3.05) is 19.8 Å². The van der Waals surface area contributed by atoms with Crippen LogP contribution in [0.4, 0.5) is 13.2 Å². The molecular formula is C18H19F3N4O3. The van der Waals surface area contributed by atoms with E-state index in [-0.39, 0.29) is 25.5 Å². The summed E-state index contributed by atoms with van der Waals surface area (Å²) in [4.78, 5) is 13.8. The fourth-order valence-electron chi connectivity index (χ4n) is 2.66. The molecule has 1 amide bonds. The smallest absolute Gasteiger partial charge is 0.315 e. The van der Waals surface area contributed by atoms with Crippen molar-refractivity contribution < 1.29 is 27.4 Å². The van der Waals surface area contributed by atoms with Gasteiger partial charge in [-0.3, -0.25) is 9.48 Å². The SMILES string of the molecule is Cn1ccc(OCCOc2cc3c(CCNC(=O)C(F)F)c[nH]c3cc2F)n1. The summed E-state index contributed by atoms with van der Waals surface area (Å²) >= 11 is 0. The number of carbonyl (C=O) groups excluding carboxylic acids is 1. The summed E-state index contributed by atoms with van der Waals surface area (Å²) in [5.41, 5.74) is 1.30. The summed E-state index contributed by atoms with van der Waals surface area (Å²) in [6.07, 6.45) is 0.644. The molecule has 150 valence electrons. The number of hydrogen-bond donors (Lipinski definition) is 2. The summed E-state index contributed by atoms with van der Waals surface area (Å²) in [6, 6.07) is 4.53. The Morgan fingerprint density at radius 1 is 1.32 bits per heavy atom. The molecule has 1 aromatic carbocycles. The van der Waals surface area contributed by atoms with Crippen molar-refractivity contribution in [3.63, 3.8) is 0 Å². The molecule has 0 saturated carbocycles. The van der Waals surface area contributed by atoms with Gasteiger partial charge in [0, 0.05) is 49.0 Å². The molecule has 2 aromatic heterocycles. The summed E-state index contributed by atoms with van der Waals surface area (Å²) in [5, 5.41) is 6.88. The van der Waals surface area contributed by atoms with Crippen LogP contribution in [0.5, 0.6) is 11.6 Å². The van der Waals surface area contributed by atoms with Crippen LogP contribution < -0.4 is 14.8 Å². The Morgan fingerprint density at radius 3 is 2.82 bits per heavy atom. The Balaban J connectivity index is 1.59. The molecule has 0 unspecified atom stereocenters. The number of aromatic nitrogens is 3. The van der Waals surface area contributed by atoms with Crippen molar-refractivity contribution in [2.24, 2.45) is 7.05 Å². The summed E-state index contributed by atoms with van der Waals surface area (Å²) in [7, 11) is 1.77. The molecule has 0 atom stereocenters. The van der Waals surface area contributed by atoms with Gasteiger partial charge in [0.1, 0.15) is 13.2 Å². The molecule has 0 radical (unpaired) electrons. The summed E-state index contributed by atoms with van der Waals surface area (Å²) < 4.78 is 51.1. The molecule has 0 aliphatic heterocycles. The standard InChI is InChI=1S/C18H19F3N4O3/c1-25-5-3-16(24-25)28-7-6-27-15-8-12-11(2-4-22-18(26)17(20)21)10-23-14(12)9-13(15)19/h3,5,8-10,17,23H,2,4,6-7H2,1H3,(H,22,26). The van der Waals surface area contributed by atoms with E-state index in [4.69, 9.17) is 9.47 Å².